The van der Waals surface area contributed by atoms with Gasteiger partial charge in [0.05, 0.1) is 11.5 Å². The largest absolute Gasteiger partial charge is 0.489 e. The summed E-state index contributed by atoms with van der Waals surface area (Å²) >= 11 is 0. The van der Waals surface area contributed by atoms with E-state index >= 15 is 0 Å². The Hall–Kier alpha value is -4.27. The van der Waals surface area contributed by atoms with Crippen molar-refractivity contribution >= 4 is 17.5 Å². The molecule has 0 aliphatic rings. The number of nitro benzene ring substituents is 1. The number of amides is 2. The molecule has 31 heavy (non-hydrogen) atoms. The molecule has 2 N–H and O–H groups in total. The fraction of sp³-hybridized carbons (Fsp3) is 0.136. The topological polar surface area (TPSA) is 123 Å². The average Bonchev–Trinajstić information content (AvgIpc) is 2.81. The zero-order chi connectivity index (χ0) is 22.1. The number of aromatic nitrogens is 1. The minimum absolute atomic E-state index is 0.115. The molecule has 0 aliphatic carbocycles. The molecular weight excluding hydrogens is 400 g/mol. The number of nitro groups is 1. The first-order valence-electron chi connectivity index (χ1n) is 9.41. The number of carbonyl (C=O) groups excluding carboxylic acids is 2. The summed E-state index contributed by atoms with van der Waals surface area (Å²) in [6.07, 6.45) is 3.44. The van der Waals surface area contributed by atoms with Gasteiger partial charge >= 0.3 is 0 Å². The van der Waals surface area contributed by atoms with Gasteiger partial charge < -0.3 is 15.4 Å². The van der Waals surface area contributed by atoms with Gasteiger partial charge in [0, 0.05) is 42.2 Å². The minimum Gasteiger partial charge on any atom is -0.489 e. The molecule has 9 nitrogen and oxygen atoms in total. The summed E-state index contributed by atoms with van der Waals surface area (Å²) in [5, 5.41) is 15.9. The van der Waals surface area contributed by atoms with E-state index in [9.17, 15) is 19.7 Å². The van der Waals surface area contributed by atoms with Gasteiger partial charge in [0.1, 0.15) is 12.4 Å². The van der Waals surface area contributed by atoms with Crippen molar-refractivity contribution in [1.29, 1.82) is 0 Å². The lowest BCUT2D eigenvalue weighted by Gasteiger charge is -2.09. The second kappa shape index (κ2) is 10.5. The summed E-state index contributed by atoms with van der Waals surface area (Å²) in [5.74, 6) is -0.243. The zero-order valence-electron chi connectivity index (χ0n) is 16.5. The molecule has 0 saturated carbocycles. The maximum Gasteiger partial charge on any atom is 0.270 e. The molecule has 0 fully saturated rings. The summed E-state index contributed by atoms with van der Waals surface area (Å²) in [6.45, 7) is 0.455. The molecule has 0 spiro atoms. The van der Waals surface area contributed by atoms with Gasteiger partial charge in [0.2, 0.25) is 5.91 Å². The maximum absolute atomic E-state index is 12.1. The monoisotopic (exact) mass is 420 g/mol. The molecular formula is C22H20N4O5. The van der Waals surface area contributed by atoms with Crippen molar-refractivity contribution in [2.45, 2.75) is 13.2 Å². The predicted octanol–water partition coefficient (Wildman–Crippen LogP) is 2.62. The van der Waals surface area contributed by atoms with Crippen LogP contribution in [-0.4, -0.2) is 28.3 Å². The maximum atomic E-state index is 12.1. The van der Waals surface area contributed by atoms with Crippen molar-refractivity contribution in [2.24, 2.45) is 0 Å². The molecule has 0 unspecified atom stereocenters. The molecule has 0 saturated heterocycles. The summed E-state index contributed by atoms with van der Waals surface area (Å²) in [4.78, 5) is 38.3. The average molecular weight is 420 g/mol. The van der Waals surface area contributed by atoms with Crippen LogP contribution in [0.5, 0.6) is 5.75 Å². The lowest BCUT2D eigenvalue weighted by molar-refractivity contribution is -0.384. The Morgan fingerprint density at radius 1 is 1.00 bits per heavy atom. The molecule has 0 atom stereocenters. The van der Waals surface area contributed by atoms with Gasteiger partial charge in [-0.05, 0) is 29.8 Å². The van der Waals surface area contributed by atoms with Crippen molar-refractivity contribution in [3.63, 3.8) is 0 Å². The van der Waals surface area contributed by atoms with Gasteiger partial charge in [0.25, 0.3) is 11.6 Å². The van der Waals surface area contributed by atoms with Crippen LogP contribution >= 0.6 is 0 Å². The van der Waals surface area contributed by atoms with Gasteiger partial charge in [-0.1, -0.05) is 24.3 Å². The Bertz CT molecular complexity index is 1060. The first kappa shape index (κ1) is 21.4. The highest BCUT2D eigenvalue weighted by atomic mass is 16.6. The van der Waals surface area contributed by atoms with Gasteiger partial charge in [-0.15, -0.1) is 0 Å². The van der Waals surface area contributed by atoms with Crippen molar-refractivity contribution in [3.05, 3.63) is 99.9 Å². The lowest BCUT2D eigenvalue weighted by atomic mass is 10.2. The van der Waals surface area contributed by atoms with E-state index in [1.165, 1.54) is 18.2 Å². The number of non-ortho nitro benzene ring substituents is 1. The first-order valence-corrected chi connectivity index (χ1v) is 9.41. The smallest absolute Gasteiger partial charge is 0.270 e. The van der Waals surface area contributed by atoms with E-state index in [0.717, 1.165) is 17.2 Å². The quantitative estimate of drug-likeness (QED) is 0.405. The van der Waals surface area contributed by atoms with Crippen LogP contribution in [-0.2, 0) is 17.9 Å². The normalized spacial score (nSPS) is 10.2. The molecule has 0 bridgehead atoms. The second-order valence-electron chi connectivity index (χ2n) is 6.56. The Labute approximate surface area is 178 Å². The zero-order valence-corrected chi connectivity index (χ0v) is 16.5. The van der Waals surface area contributed by atoms with Crippen LogP contribution in [0.25, 0.3) is 0 Å². The lowest BCUT2D eigenvalue weighted by Crippen LogP contribution is -2.36. The summed E-state index contributed by atoms with van der Waals surface area (Å²) in [7, 11) is 0. The standard InChI is InChI=1S/C22H20N4O5/c27-21(14-25-22(28)18-4-1-5-19(11-18)26(29)30)24-13-16-6-8-20(9-7-16)31-15-17-3-2-10-23-12-17/h1-12H,13-15H2,(H,24,27)(H,25,28). The Balaban J connectivity index is 1.41. The Morgan fingerprint density at radius 3 is 2.52 bits per heavy atom. The van der Waals surface area contributed by atoms with Crippen LogP contribution < -0.4 is 15.4 Å². The van der Waals surface area contributed by atoms with Crippen LogP contribution in [0, 0.1) is 10.1 Å². The Kier molecular flexibility index (Phi) is 7.26. The molecule has 2 aromatic carbocycles. The third-order valence-corrected chi connectivity index (χ3v) is 4.27. The van der Waals surface area contributed by atoms with Crippen LogP contribution in [0.1, 0.15) is 21.5 Å². The van der Waals surface area contributed by atoms with Crippen LogP contribution in [0.3, 0.4) is 0 Å². The fourth-order valence-electron chi connectivity index (χ4n) is 2.64. The summed E-state index contributed by atoms with van der Waals surface area (Å²) in [6, 6.07) is 16.4. The predicted molar refractivity (Wildman–Crippen MR) is 112 cm³/mol. The number of carbonyl (C=O) groups is 2. The van der Waals surface area contributed by atoms with E-state index in [4.69, 9.17) is 4.74 Å². The number of pyridine rings is 1. The number of nitrogens with one attached hydrogen (secondary N) is 2. The summed E-state index contributed by atoms with van der Waals surface area (Å²) in [5.41, 5.74) is 1.76. The highest BCUT2D eigenvalue weighted by Gasteiger charge is 2.12. The number of nitrogens with zero attached hydrogens (tertiary/aromatic N) is 2. The third kappa shape index (κ3) is 6.64. The Morgan fingerprint density at radius 2 is 1.81 bits per heavy atom. The van der Waals surface area contributed by atoms with Gasteiger partial charge in [-0.3, -0.25) is 24.7 Å². The van der Waals surface area contributed by atoms with Crippen molar-refractivity contribution < 1.29 is 19.2 Å². The highest BCUT2D eigenvalue weighted by molar-refractivity contribution is 5.96. The summed E-state index contributed by atoms with van der Waals surface area (Å²) < 4.78 is 5.69. The van der Waals surface area contributed by atoms with Crippen LogP contribution in [0.4, 0.5) is 5.69 Å². The van der Waals surface area contributed by atoms with Crippen molar-refractivity contribution in [2.75, 3.05) is 6.54 Å². The molecule has 158 valence electrons. The molecule has 0 aliphatic heterocycles. The molecule has 3 rings (SSSR count). The van der Waals surface area contributed by atoms with Crippen molar-refractivity contribution in [3.8, 4) is 5.75 Å². The number of ether oxygens (including phenoxy) is 1. The van der Waals surface area contributed by atoms with E-state index in [2.05, 4.69) is 15.6 Å². The second-order valence-corrected chi connectivity index (χ2v) is 6.56. The van der Waals surface area contributed by atoms with E-state index in [0.29, 0.717) is 12.4 Å². The number of hydrogen-bond acceptors (Lipinski definition) is 6. The SMILES string of the molecule is O=C(CNC(=O)c1cccc([N+](=O)[O-])c1)NCc1ccc(OCc2cccnc2)cc1. The number of hydrogen-bond donors (Lipinski definition) is 2. The molecule has 1 aromatic heterocycles. The molecule has 9 heteroatoms. The van der Waals surface area contributed by atoms with Gasteiger partial charge in [-0.2, -0.15) is 0 Å². The van der Waals surface area contributed by atoms with Gasteiger partial charge in [-0.25, -0.2) is 0 Å². The third-order valence-electron chi connectivity index (χ3n) is 4.27. The highest BCUT2D eigenvalue weighted by Crippen LogP contribution is 2.14. The van der Waals surface area contributed by atoms with E-state index < -0.39 is 10.8 Å². The molecule has 1 heterocycles. The van der Waals surface area contributed by atoms with Crippen LogP contribution in [0.2, 0.25) is 0 Å². The van der Waals surface area contributed by atoms with Crippen molar-refractivity contribution in [1.82, 2.24) is 15.6 Å². The number of benzene rings is 2. The fourth-order valence-corrected chi connectivity index (χ4v) is 2.64. The molecule has 0 radical (unpaired) electrons. The van der Waals surface area contributed by atoms with Gasteiger partial charge in [0.15, 0.2) is 0 Å². The number of rotatable bonds is 9. The first-order chi connectivity index (χ1) is 15.0. The van der Waals surface area contributed by atoms with E-state index in [1.807, 2.05) is 36.4 Å². The molecule has 3 aromatic rings. The van der Waals surface area contributed by atoms with Crippen LogP contribution in [0.15, 0.2) is 73.1 Å². The minimum atomic E-state index is -0.585. The molecule has 2 amide bonds. The van der Waals surface area contributed by atoms with E-state index in [1.54, 1.807) is 12.4 Å². The van der Waals surface area contributed by atoms with E-state index in [-0.39, 0.29) is 30.2 Å².